The number of amides is 1. The van der Waals surface area contributed by atoms with Crippen LogP contribution in [0, 0.1) is 5.92 Å². The van der Waals surface area contributed by atoms with E-state index in [0.29, 0.717) is 25.8 Å². The van der Waals surface area contributed by atoms with Gasteiger partial charge in [0.25, 0.3) is 0 Å². The minimum Gasteiger partial charge on any atom is -0.307 e. The fourth-order valence-corrected chi connectivity index (χ4v) is 4.20. The molecule has 4 rings (SSSR count). The van der Waals surface area contributed by atoms with Crippen molar-refractivity contribution in [1.29, 1.82) is 0 Å². The van der Waals surface area contributed by atoms with E-state index in [4.69, 9.17) is 0 Å². The van der Waals surface area contributed by atoms with Crippen LogP contribution in [-0.4, -0.2) is 26.7 Å². The van der Waals surface area contributed by atoms with E-state index in [-0.39, 0.29) is 23.7 Å². The number of nitrogens with zero attached hydrogens (tertiary/aromatic N) is 4. The molecule has 0 fully saturated rings. The SMILES string of the molecule is CC(C)C(=O)CCCC(=O)N1Cc2ccccc2-c2c(nnn2C(C)C)-c2ccccc21. The van der Waals surface area contributed by atoms with Gasteiger partial charge in [0.15, 0.2) is 0 Å². The van der Waals surface area contributed by atoms with E-state index >= 15 is 0 Å². The number of rotatable bonds is 6. The lowest BCUT2D eigenvalue weighted by molar-refractivity contribution is -0.122. The van der Waals surface area contributed by atoms with Crippen LogP contribution in [0.15, 0.2) is 48.5 Å². The number of hydrogen-bond donors (Lipinski definition) is 0. The molecule has 0 saturated carbocycles. The van der Waals surface area contributed by atoms with E-state index in [1.165, 1.54) is 0 Å². The number of Topliss-reactive ketones (excluding diaryl/α,β-unsaturated/α-hetero) is 1. The smallest absolute Gasteiger partial charge is 0.227 e. The minimum absolute atomic E-state index is 0.00129. The van der Waals surface area contributed by atoms with Crippen LogP contribution < -0.4 is 4.90 Å². The third-order valence-corrected chi connectivity index (χ3v) is 5.99. The first-order chi connectivity index (χ1) is 15.4. The minimum atomic E-state index is 0.00129. The third-order valence-electron chi connectivity index (χ3n) is 5.99. The highest BCUT2D eigenvalue weighted by Crippen LogP contribution is 2.41. The van der Waals surface area contributed by atoms with E-state index in [2.05, 4.69) is 36.3 Å². The van der Waals surface area contributed by atoms with Crippen molar-refractivity contribution in [2.75, 3.05) is 4.90 Å². The summed E-state index contributed by atoms with van der Waals surface area (Å²) < 4.78 is 1.96. The third kappa shape index (κ3) is 4.09. The number of carbonyl (C=O) groups excluding carboxylic acids is 2. The zero-order valence-electron chi connectivity index (χ0n) is 19.2. The molecule has 0 N–H and O–H groups in total. The molecule has 6 nitrogen and oxygen atoms in total. The van der Waals surface area contributed by atoms with Crippen molar-refractivity contribution < 1.29 is 9.59 Å². The topological polar surface area (TPSA) is 68.1 Å². The van der Waals surface area contributed by atoms with Gasteiger partial charge in [-0.3, -0.25) is 9.59 Å². The van der Waals surface area contributed by atoms with Crippen LogP contribution in [0.2, 0.25) is 0 Å². The van der Waals surface area contributed by atoms with E-state index in [1.54, 1.807) is 0 Å². The number of ketones is 1. The number of aromatic nitrogens is 3. The van der Waals surface area contributed by atoms with Gasteiger partial charge in [0.05, 0.1) is 17.9 Å². The lowest BCUT2D eigenvalue weighted by atomic mass is 9.95. The Morgan fingerprint density at radius 3 is 2.34 bits per heavy atom. The van der Waals surface area contributed by atoms with Crippen molar-refractivity contribution >= 4 is 17.4 Å². The quantitative estimate of drug-likeness (QED) is 0.523. The Morgan fingerprint density at radius 2 is 1.62 bits per heavy atom. The van der Waals surface area contributed by atoms with Crippen LogP contribution >= 0.6 is 0 Å². The van der Waals surface area contributed by atoms with Gasteiger partial charge in [-0.25, -0.2) is 4.68 Å². The van der Waals surface area contributed by atoms with Crippen molar-refractivity contribution in [3.63, 3.8) is 0 Å². The van der Waals surface area contributed by atoms with E-state index in [0.717, 1.165) is 33.8 Å². The fraction of sp³-hybridized carbons (Fsp3) is 0.385. The maximum atomic E-state index is 13.4. The molecule has 1 amide bonds. The lowest BCUT2D eigenvalue weighted by Gasteiger charge is -2.29. The van der Waals surface area contributed by atoms with Crippen molar-refractivity contribution in [1.82, 2.24) is 15.0 Å². The summed E-state index contributed by atoms with van der Waals surface area (Å²) in [6.07, 6.45) is 1.33. The highest BCUT2D eigenvalue weighted by Gasteiger charge is 2.29. The number of carbonyl (C=O) groups is 2. The van der Waals surface area contributed by atoms with Gasteiger partial charge in [-0.05, 0) is 31.9 Å². The Hall–Kier alpha value is -3.28. The van der Waals surface area contributed by atoms with Gasteiger partial charge >= 0.3 is 0 Å². The molecule has 0 saturated heterocycles. The summed E-state index contributed by atoms with van der Waals surface area (Å²) in [6.45, 7) is 8.45. The van der Waals surface area contributed by atoms with Crippen molar-refractivity contribution in [3.05, 3.63) is 54.1 Å². The Labute approximate surface area is 189 Å². The first kappa shape index (κ1) is 21.9. The molecular formula is C26H30N4O2. The molecular weight excluding hydrogens is 400 g/mol. The molecule has 2 aromatic carbocycles. The van der Waals surface area contributed by atoms with E-state index < -0.39 is 0 Å². The number of fused-ring (bicyclic) bond motifs is 5. The zero-order valence-corrected chi connectivity index (χ0v) is 19.2. The Kier molecular flexibility index (Phi) is 6.21. The molecule has 2 heterocycles. The summed E-state index contributed by atoms with van der Waals surface area (Å²) in [4.78, 5) is 27.2. The molecule has 1 aromatic heterocycles. The second-order valence-electron chi connectivity index (χ2n) is 8.95. The second kappa shape index (κ2) is 9.07. The lowest BCUT2D eigenvalue weighted by Crippen LogP contribution is -2.31. The summed E-state index contributed by atoms with van der Waals surface area (Å²) >= 11 is 0. The highest BCUT2D eigenvalue weighted by molar-refractivity contribution is 6.00. The summed E-state index contributed by atoms with van der Waals surface area (Å²) in [5, 5.41) is 9.01. The second-order valence-corrected chi connectivity index (χ2v) is 8.95. The summed E-state index contributed by atoms with van der Waals surface area (Å²) in [6, 6.07) is 16.2. The molecule has 0 bridgehead atoms. The summed E-state index contributed by atoms with van der Waals surface area (Å²) in [5.74, 6) is 0.219. The highest BCUT2D eigenvalue weighted by atomic mass is 16.2. The molecule has 6 heteroatoms. The predicted molar refractivity (Wildman–Crippen MR) is 126 cm³/mol. The van der Waals surface area contributed by atoms with E-state index in [1.807, 2.05) is 59.8 Å². The van der Waals surface area contributed by atoms with Crippen molar-refractivity contribution in [2.45, 2.75) is 59.5 Å². The Bertz CT molecular complexity index is 1150. The molecule has 0 radical (unpaired) electrons. The number of hydrogen-bond acceptors (Lipinski definition) is 4. The first-order valence-electron chi connectivity index (χ1n) is 11.3. The number of benzene rings is 2. The van der Waals surface area contributed by atoms with Crippen LogP contribution in [0.4, 0.5) is 5.69 Å². The van der Waals surface area contributed by atoms with Gasteiger partial charge < -0.3 is 4.90 Å². The first-order valence-corrected chi connectivity index (χ1v) is 11.3. The molecule has 0 atom stereocenters. The molecule has 0 aliphatic carbocycles. The predicted octanol–water partition coefficient (Wildman–Crippen LogP) is 5.44. The Morgan fingerprint density at radius 1 is 0.938 bits per heavy atom. The fourth-order valence-electron chi connectivity index (χ4n) is 4.20. The van der Waals surface area contributed by atoms with Crippen LogP contribution in [-0.2, 0) is 16.1 Å². The van der Waals surface area contributed by atoms with Gasteiger partial charge in [-0.1, -0.05) is 61.5 Å². The maximum absolute atomic E-state index is 13.4. The van der Waals surface area contributed by atoms with Crippen molar-refractivity contribution in [3.8, 4) is 22.5 Å². The van der Waals surface area contributed by atoms with Gasteiger partial charge in [0, 0.05) is 35.9 Å². The van der Waals surface area contributed by atoms with Crippen LogP contribution in [0.5, 0.6) is 0 Å². The average molecular weight is 431 g/mol. The summed E-state index contributed by atoms with van der Waals surface area (Å²) in [7, 11) is 0. The molecule has 32 heavy (non-hydrogen) atoms. The average Bonchev–Trinajstić information content (AvgIpc) is 3.21. The molecule has 0 spiro atoms. The summed E-state index contributed by atoms with van der Waals surface area (Å²) in [5.41, 5.74) is 5.60. The molecule has 0 unspecified atom stereocenters. The van der Waals surface area contributed by atoms with Gasteiger partial charge in [0.2, 0.25) is 5.91 Å². The molecule has 3 aromatic rings. The number of para-hydroxylation sites is 1. The van der Waals surface area contributed by atoms with Gasteiger partial charge in [-0.15, -0.1) is 5.10 Å². The molecule has 1 aliphatic heterocycles. The largest absolute Gasteiger partial charge is 0.307 e. The zero-order chi connectivity index (χ0) is 22.8. The molecule has 166 valence electrons. The Balaban J connectivity index is 1.78. The monoisotopic (exact) mass is 430 g/mol. The van der Waals surface area contributed by atoms with Crippen LogP contribution in [0.25, 0.3) is 22.5 Å². The van der Waals surface area contributed by atoms with Gasteiger partial charge in [0.1, 0.15) is 11.5 Å². The number of anilines is 1. The maximum Gasteiger partial charge on any atom is 0.227 e. The molecule has 1 aliphatic rings. The normalized spacial score (nSPS) is 12.8. The van der Waals surface area contributed by atoms with Crippen molar-refractivity contribution in [2.24, 2.45) is 5.92 Å². The van der Waals surface area contributed by atoms with Crippen LogP contribution in [0.1, 0.15) is 58.6 Å². The van der Waals surface area contributed by atoms with Crippen LogP contribution in [0.3, 0.4) is 0 Å². The van der Waals surface area contributed by atoms with Gasteiger partial charge in [-0.2, -0.15) is 0 Å². The standard InChI is InChI=1S/C26H30N4O2/c1-17(2)23(31)14-9-15-24(32)29-16-19-10-5-6-11-20(19)26-25(27-28-30(26)18(3)4)21-12-7-8-13-22(21)29/h5-8,10-13,17-18H,9,14-16H2,1-4H3. The van der Waals surface area contributed by atoms with E-state index in [9.17, 15) is 9.59 Å².